The lowest BCUT2D eigenvalue weighted by Gasteiger charge is -2.30. The molecular formula is C17H20N2. The number of hydrogen-bond acceptors (Lipinski definition) is 2. The molecule has 1 unspecified atom stereocenters. The summed E-state index contributed by atoms with van der Waals surface area (Å²) in [5.74, 6) is 0. The molecule has 3 rings (SSSR count). The normalized spacial score (nSPS) is 26.8. The predicted octanol–water partition coefficient (Wildman–Crippen LogP) is 3.44. The van der Waals surface area contributed by atoms with Gasteiger partial charge in [0.25, 0.3) is 0 Å². The van der Waals surface area contributed by atoms with Crippen molar-refractivity contribution in [3.63, 3.8) is 0 Å². The molecule has 2 aliphatic rings. The Balaban J connectivity index is 1.87. The molecule has 0 saturated carbocycles. The van der Waals surface area contributed by atoms with Gasteiger partial charge in [0, 0.05) is 12.8 Å². The van der Waals surface area contributed by atoms with Crippen molar-refractivity contribution in [3.8, 4) is 0 Å². The maximum Gasteiger partial charge on any atom is 0.0937 e. The summed E-state index contributed by atoms with van der Waals surface area (Å²) in [5.41, 5.74) is 2.81. The predicted molar refractivity (Wildman–Crippen MR) is 80.5 cm³/mol. The van der Waals surface area contributed by atoms with Crippen molar-refractivity contribution in [3.05, 3.63) is 59.7 Å². The lowest BCUT2D eigenvalue weighted by molar-refractivity contribution is 0.488. The number of rotatable bonds is 2. The molecule has 0 saturated heterocycles. The van der Waals surface area contributed by atoms with E-state index in [4.69, 9.17) is 4.99 Å². The highest BCUT2D eigenvalue weighted by molar-refractivity contribution is 5.62. The Morgan fingerprint density at radius 2 is 2.00 bits per heavy atom. The smallest absolute Gasteiger partial charge is 0.0937 e. The van der Waals surface area contributed by atoms with Crippen LogP contribution in [0.5, 0.6) is 0 Å². The van der Waals surface area contributed by atoms with Crippen LogP contribution >= 0.6 is 0 Å². The number of aliphatic imine (C=N–C) groups is 1. The van der Waals surface area contributed by atoms with Gasteiger partial charge in [-0.15, -0.1) is 0 Å². The van der Waals surface area contributed by atoms with E-state index in [0.29, 0.717) is 6.04 Å². The van der Waals surface area contributed by atoms with Crippen LogP contribution in [0.4, 0.5) is 0 Å². The second-order valence-corrected chi connectivity index (χ2v) is 5.10. The third-order valence-corrected chi connectivity index (χ3v) is 3.83. The fourth-order valence-corrected chi connectivity index (χ4v) is 2.87. The van der Waals surface area contributed by atoms with E-state index in [1.165, 1.54) is 11.1 Å². The van der Waals surface area contributed by atoms with Gasteiger partial charge in [-0.05, 0) is 24.8 Å². The molecule has 0 radical (unpaired) electrons. The summed E-state index contributed by atoms with van der Waals surface area (Å²) in [5, 5.41) is 3.62. The Morgan fingerprint density at radius 1 is 1.11 bits per heavy atom. The molecule has 0 bridgehead atoms. The molecule has 1 heterocycles. The van der Waals surface area contributed by atoms with Crippen molar-refractivity contribution in [2.45, 2.75) is 31.3 Å². The van der Waals surface area contributed by atoms with E-state index in [0.717, 1.165) is 25.8 Å². The molecule has 0 amide bonds. The Kier molecular flexibility index (Phi) is 3.89. The van der Waals surface area contributed by atoms with Crippen LogP contribution in [0.15, 0.2) is 59.1 Å². The van der Waals surface area contributed by atoms with E-state index < -0.39 is 0 Å². The average molecular weight is 252 g/mol. The highest BCUT2D eigenvalue weighted by atomic mass is 15.0. The minimum atomic E-state index is 0.222. The number of hydrogen-bond donors (Lipinski definition) is 1. The second kappa shape index (κ2) is 5.98. The molecule has 0 aromatic heterocycles. The molecule has 0 fully saturated rings. The first-order chi connectivity index (χ1) is 9.45. The minimum Gasteiger partial charge on any atom is -0.303 e. The number of nitrogens with one attached hydrogen (secondary N) is 1. The van der Waals surface area contributed by atoms with E-state index in [2.05, 4.69) is 53.9 Å². The van der Waals surface area contributed by atoms with Crippen molar-refractivity contribution in [2.24, 2.45) is 4.99 Å². The van der Waals surface area contributed by atoms with Crippen LogP contribution in [0.3, 0.4) is 0 Å². The van der Waals surface area contributed by atoms with Crippen LogP contribution in [0.25, 0.3) is 0 Å². The fraction of sp³-hybridized carbons (Fsp3) is 0.353. The van der Waals surface area contributed by atoms with E-state index in [1.54, 1.807) is 0 Å². The molecule has 1 aliphatic heterocycles. The van der Waals surface area contributed by atoms with Gasteiger partial charge < -0.3 is 5.32 Å². The van der Waals surface area contributed by atoms with Crippen molar-refractivity contribution < 1.29 is 0 Å². The standard InChI is InChI=1S/C17H20N2/c1-2-5-9-14(8-4-1)16-17(19-13-12-18-16)15-10-6-3-7-11-15/h1-3,6-8,10-11,13,16-18H,4-5,9,12H2/t16-,17?/m0/s1. The van der Waals surface area contributed by atoms with Crippen LogP contribution in [-0.2, 0) is 0 Å². The molecule has 1 N–H and O–H groups in total. The third kappa shape index (κ3) is 2.85. The molecule has 1 aliphatic carbocycles. The van der Waals surface area contributed by atoms with Crippen molar-refractivity contribution in [1.82, 2.24) is 5.32 Å². The summed E-state index contributed by atoms with van der Waals surface area (Å²) >= 11 is 0. The largest absolute Gasteiger partial charge is 0.303 e. The lowest BCUT2D eigenvalue weighted by atomic mass is 9.90. The van der Waals surface area contributed by atoms with E-state index in [-0.39, 0.29) is 6.04 Å². The van der Waals surface area contributed by atoms with Gasteiger partial charge in [0.1, 0.15) is 0 Å². The van der Waals surface area contributed by atoms with Crippen LogP contribution in [0.2, 0.25) is 0 Å². The third-order valence-electron chi connectivity index (χ3n) is 3.83. The fourth-order valence-electron chi connectivity index (χ4n) is 2.87. The molecule has 19 heavy (non-hydrogen) atoms. The van der Waals surface area contributed by atoms with Gasteiger partial charge in [-0.1, -0.05) is 54.1 Å². The molecule has 2 atom stereocenters. The summed E-state index contributed by atoms with van der Waals surface area (Å²) < 4.78 is 0. The first-order valence-electron chi connectivity index (χ1n) is 7.09. The van der Waals surface area contributed by atoms with E-state index in [1.807, 2.05) is 6.21 Å². The Labute approximate surface area is 115 Å². The summed E-state index contributed by atoms with van der Waals surface area (Å²) in [4.78, 5) is 4.74. The summed E-state index contributed by atoms with van der Waals surface area (Å²) in [6.45, 7) is 0.874. The second-order valence-electron chi connectivity index (χ2n) is 5.10. The summed E-state index contributed by atoms with van der Waals surface area (Å²) in [6, 6.07) is 11.2. The van der Waals surface area contributed by atoms with Gasteiger partial charge in [0.15, 0.2) is 0 Å². The highest BCUT2D eigenvalue weighted by Gasteiger charge is 2.26. The van der Waals surface area contributed by atoms with E-state index >= 15 is 0 Å². The zero-order valence-corrected chi connectivity index (χ0v) is 11.1. The Bertz CT molecular complexity index is 499. The minimum absolute atomic E-state index is 0.222. The van der Waals surface area contributed by atoms with Gasteiger partial charge in [-0.2, -0.15) is 0 Å². The maximum absolute atomic E-state index is 4.74. The molecule has 0 spiro atoms. The molecule has 1 aromatic carbocycles. The molecular weight excluding hydrogens is 232 g/mol. The monoisotopic (exact) mass is 252 g/mol. The summed E-state index contributed by atoms with van der Waals surface area (Å²) in [7, 11) is 0. The number of allylic oxidation sites excluding steroid dienone is 3. The Morgan fingerprint density at radius 3 is 2.89 bits per heavy atom. The topological polar surface area (TPSA) is 24.4 Å². The van der Waals surface area contributed by atoms with Crippen molar-refractivity contribution in [2.75, 3.05) is 6.54 Å². The summed E-state index contributed by atoms with van der Waals surface area (Å²) in [6.07, 6.45) is 12.3. The van der Waals surface area contributed by atoms with Crippen LogP contribution < -0.4 is 5.32 Å². The van der Waals surface area contributed by atoms with Gasteiger partial charge in [0.2, 0.25) is 0 Å². The Hall–Kier alpha value is -1.67. The molecule has 1 aromatic rings. The van der Waals surface area contributed by atoms with Crippen molar-refractivity contribution in [1.29, 1.82) is 0 Å². The molecule has 2 nitrogen and oxygen atoms in total. The van der Waals surface area contributed by atoms with Crippen LogP contribution in [0, 0.1) is 0 Å². The number of nitrogens with zero attached hydrogens (tertiary/aromatic N) is 1. The molecule has 98 valence electrons. The zero-order valence-electron chi connectivity index (χ0n) is 11.1. The average Bonchev–Trinajstić information content (AvgIpc) is 2.77. The lowest BCUT2D eigenvalue weighted by Crippen LogP contribution is -2.40. The van der Waals surface area contributed by atoms with Crippen LogP contribution in [0.1, 0.15) is 30.9 Å². The molecule has 2 heteroatoms. The van der Waals surface area contributed by atoms with Gasteiger partial charge >= 0.3 is 0 Å². The number of benzene rings is 1. The van der Waals surface area contributed by atoms with Gasteiger partial charge in [-0.25, -0.2) is 0 Å². The zero-order chi connectivity index (χ0) is 12.9. The van der Waals surface area contributed by atoms with Gasteiger partial charge in [0.05, 0.1) is 12.1 Å². The van der Waals surface area contributed by atoms with Crippen LogP contribution in [-0.4, -0.2) is 18.8 Å². The van der Waals surface area contributed by atoms with E-state index in [9.17, 15) is 0 Å². The quantitative estimate of drug-likeness (QED) is 0.801. The van der Waals surface area contributed by atoms with Gasteiger partial charge in [-0.3, -0.25) is 4.99 Å². The van der Waals surface area contributed by atoms with Crippen molar-refractivity contribution >= 4 is 6.21 Å². The SMILES string of the molecule is C1=CCCC([C@@H]2NCC=NC2c2ccccc2)=CC1. The highest BCUT2D eigenvalue weighted by Crippen LogP contribution is 2.30. The first-order valence-corrected chi connectivity index (χ1v) is 7.09. The maximum atomic E-state index is 4.74. The first kappa shape index (κ1) is 12.4.